The number of pyridine rings is 1. The number of carboxylic acids is 1. The van der Waals surface area contributed by atoms with Crippen LogP contribution in [0, 0.1) is 0 Å². The van der Waals surface area contributed by atoms with Crippen LogP contribution >= 0.6 is 15.9 Å². The summed E-state index contributed by atoms with van der Waals surface area (Å²) in [6.45, 7) is 1.35. The van der Waals surface area contributed by atoms with Crippen molar-refractivity contribution in [3.63, 3.8) is 0 Å². The molecule has 2 N–H and O–H groups in total. The number of nitrogens with one attached hydrogen (secondary N) is 1. The third-order valence-electron chi connectivity index (χ3n) is 1.88. The summed E-state index contributed by atoms with van der Waals surface area (Å²) in [6, 6.07) is 1.18. The summed E-state index contributed by atoms with van der Waals surface area (Å²) in [5, 5.41) is 11.3. The molecule has 1 aromatic rings. The van der Waals surface area contributed by atoms with Crippen LogP contribution in [0.2, 0.25) is 0 Å². The normalized spacial score (nSPS) is 11.9. The fraction of sp³-hybridized carbons (Fsp3) is 0.300. The van der Waals surface area contributed by atoms with Gasteiger partial charge in [0.25, 0.3) is 0 Å². The van der Waals surface area contributed by atoms with Gasteiger partial charge in [0, 0.05) is 23.8 Å². The van der Waals surface area contributed by atoms with Crippen molar-refractivity contribution in [1.29, 1.82) is 0 Å². The zero-order chi connectivity index (χ0) is 12.1. The number of hydrogen-bond acceptors (Lipinski definition) is 3. The molecule has 0 aliphatic carbocycles. The van der Waals surface area contributed by atoms with Gasteiger partial charge in [-0.15, -0.1) is 0 Å². The maximum absolute atomic E-state index is 11.0. The number of carbonyl (C=O) groups excluding carboxylic acids is 1. The summed E-state index contributed by atoms with van der Waals surface area (Å²) in [6.07, 6.45) is 2.96. The van der Waals surface area contributed by atoms with E-state index in [1.807, 2.05) is 0 Å². The lowest BCUT2D eigenvalue weighted by Crippen LogP contribution is -2.28. The van der Waals surface area contributed by atoms with Crippen LogP contribution in [0.5, 0.6) is 0 Å². The average molecular weight is 287 g/mol. The highest BCUT2D eigenvalue weighted by Gasteiger charge is 2.16. The van der Waals surface area contributed by atoms with Crippen LogP contribution in [-0.4, -0.2) is 22.0 Å². The third-order valence-corrected chi connectivity index (χ3v) is 2.32. The van der Waals surface area contributed by atoms with Gasteiger partial charge in [0.05, 0.1) is 12.5 Å². The number of hydrogen-bond donors (Lipinski definition) is 2. The Morgan fingerprint density at radius 1 is 1.56 bits per heavy atom. The monoisotopic (exact) mass is 286 g/mol. The molecule has 0 aromatic carbocycles. The van der Waals surface area contributed by atoms with Gasteiger partial charge in [0.2, 0.25) is 5.91 Å². The molecule has 1 rings (SSSR count). The predicted octanol–water partition coefficient (Wildman–Crippen LogP) is 1.50. The smallest absolute Gasteiger partial charge is 0.305 e. The number of rotatable bonds is 4. The Morgan fingerprint density at radius 3 is 2.75 bits per heavy atom. The molecule has 1 amide bonds. The van der Waals surface area contributed by atoms with Gasteiger partial charge >= 0.3 is 5.97 Å². The fourth-order valence-electron chi connectivity index (χ4n) is 1.29. The molecule has 0 bridgehead atoms. The van der Waals surface area contributed by atoms with E-state index in [1.54, 1.807) is 12.3 Å². The largest absolute Gasteiger partial charge is 0.481 e. The first-order chi connectivity index (χ1) is 7.49. The van der Waals surface area contributed by atoms with Crippen LogP contribution in [0.3, 0.4) is 0 Å². The molecule has 0 aliphatic rings. The summed E-state index contributed by atoms with van der Waals surface area (Å²) in [5.74, 6) is -1.25. The molecule has 6 heteroatoms. The SMILES string of the molecule is CC(=O)N[C@H](CC(=O)O)c1cncc(Br)c1. The van der Waals surface area contributed by atoms with Crippen LogP contribution in [0.25, 0.3) is 0 Å². The van der Waals surface area contributed by atoms with Gasteiger partial charge in [-0.05, 0) is 27.6 Å². The Hall–Kier alpha value is -1.43. The Labute approximate surface area is 101 Å². The van der Waals surface area contributed by atoms with Gasteiger partial charge in [0.1, 0.15) is 0 Å². The third kappa shape index (κ3) is 3.98. The van der Waals surface area contributed by atoms with Crippen LogP contribution in [-0.2, 0) is 9.59 Å². The zero-order valence-corrected chi connectivity index (χ0v) is 10.2. The molecule has 0 radical (unpaired) electrons. The van der Waals surface area contributed by atoms with Gasteiger partial charge < -0.3 is 10.4 Å². The standard InChI is InChI=1S/C10H11BrN2O3/c1-6(14)13-9(3-10(15)16)7-2-8(11)5-12-4-7/h2,4-5,9H,3H2,1H3,(H,13,14)(H,15,16)/t9-/m1/s1. The van der Waals surface area contributed by atoms with Crippen LogP contribution in [0.15, 0.2) is 22.9 Å². The average Bonchev–Trinajstić information content (AvgIpc) is 2.15. The van der Waals surface area contributed by atoms with Crippen molar-refractivity contribution in [1.82, 2.24) is 10.3 Å². The summed E-state index contributed by atoms with van der Waals surface area (Å²) >= 11 is 3.24. The van der Waals surface area contributed by atoms with Gasteiger partial charge in [-0.1, -0.05) is 0 Å². The molecule has 0 aliphatic heterocycles. The molecule has 0 spiro atoms. The zero-order valence-electron chi connectivity index (χ0n) is 8.61. The van der Waals surface area contributed by atoms with Crippen LogP contribution < -0.4 is 5.32 Å². The topological polar surface area (TPSA) is 79.3 Å². The number of nitrogens with zero attached hydrogens (tertiary/aromatic N) is 1. The first kappa shape index (κ1) is 12.6. The molecule has 1 heterocycles. The van der Waals surface area contributed by atoms with Gasteiger partial charge in [-0.25, -0.2) is 0 Å². The van der Waals surface area contributed by atoms with Crippen LogP contribution in [0.4, 0.5) is 0 Å². The predicted molar refractivity (Wildman–Crippen MR) is 60.7 cm³/mol. The molecule has 0 saturated carbocycles. The van der Waals surface area contributed by atoms with Crippen molar-refractivity contribution in [3.8, 4) is 0 Å². The van der Waals surface area contributed by atoms with Crippen molar-refractivity contribution in [2.24, 2.45) is 0 Å². The lowest BCUT2D eigenvalue weighted by Gasteiger charge is -2.15. The fourth-order valence-corrected chi connectivity index (χ4v) is 1.67. The maximum atomic E-state index is 11.0. The highest BCUT2D eigenvalue weighted by Crippen LogP contribution is 2.19. The molecule has 86 valence electrons. The molecular formula is C10H11BrN2O3. The summed E-state index contributed by atoms with van der Waals surface area (Å²) < 4.78 is 0.741. The lowest BCUT2D eigenvalue weighted by molar-refractivity contribution is -0.137. The van der Waals surface area contributed by atoms with Gasteiger partial charge in [-0.3, -0.25) is 14.6 Å². The number of aromatic nitrogens is 1. The van der Waals surface area contributed by atoms with Crippen molar-refractivity contribution in [2.75, 3.05) is 0 Å². The van der Waals surface area contributed by atoms with E-state index >= 15 is 0 Å². The van der Waals surface area contributed by atoms with E-state index < -0.39 is 12.0 Å². The van der Waals surface area contributed by atoms with Gasteiger partial charge in [-0.2, -0.15) is 0 Å². The summed E-state index contributed by atoms with van der Waals surface area (Å²) in [7, 11) is 0. The van der Waals surface area contributed by atoms with E-state index in [9.17, 15) is 9.59 Å². The second-order valence-corrected chi connectivity index (χ2v) is 4.20. The number of carbonyl (C=O) groups is 2. The Balaban J connectivity index is 2.90. The van der Waals surface area contributed by atoms with Crippen molar-refractivity contribution in [2.45, 2.75) is 19.4 Å². The Morgan fingerprint density at radius 2 is 2.25 bits per heavy atom. The molecule has 0 unspecified atom stereocenters. The Bertz CT molecular complexity index is 393. The van der Waals surface area contributed by atoms with Crippen molar-refractivity contribution < 1.29 is 14.7 Å². The Kier molecular flexibility index (Phi) is 4.42. The van der Waals surface area contributed by atoms with E-state index in [-0.39, 0.29) is 12.3 Å². The first-order valence-electron chi connectivity index (χ1n) is 4.58. The van der Waals surface area contributed by atoms with E-state index in [0.29, 0.717) is 5.56 Å². The minimum atomic E-state index is -0.973. The van der Waals surface area contributed by atoms with Crippen LogP contribution in [0.1, 0.15) is 24.9 Å². The summed E-state index contributed by atoms with van der Waals surface area (Å²) in [4.78, 5) is 25.6. The van der Waals surface area contributed by atoms with E-state index in [1.165, 1.54) is 13.1 Å². The quantitative estimate of drug-likeness (QED) is 0.879. The number of halogens is 1. The molecule has 16 heavy (non-hydrogen) atoms. The van der Waals surface area contributed by atoms with E-state index in [2.05, 4.69) is 26.2 Å². The van der Waals surface area contributed by atoms with E-state index in [0.717, 1.165) is 4.47 Å². The maximum Gasteiger partial charge on any atom is 0.305 e. The highest BCUT2D eigenvalue weighted by molar-refractivity contribution is 9.10. The van der Waals surface area contributed by atoms with E-state index in [4.69, 9.17) is 5.11 Å². The molecule has 1 aromatic heterocycles. The number of aliphatic carboxylic acids is 1. The second kappa shape index (κ2) is 5.60. The molecule has 0 saturated heterocycles. The molecule has 1 atom stereocenters. The lowest BCUT2D eigenvalue weighted by atomic mass is 10.1. The minimum Gasteiger partial charge on any atom is -0.481 e. The number of amides is 1. The second-order valence-electron chi connectivity index (χ2n) is 3.29. The van der Waals surface area contributed by atoms with Crippen molar-refractivity contribution >= 4 is 27.8 Å². The number of carboxylic acid groups (broad SMARTS) is 1. The van der Waals surface area contributed by atoms with Gasteiger partial charge in [0.15, 0.2) is 0 Å². The van der Waals surface area contributed by atoms with Crippen molar-refractivity contribution in [3.05, 3.63) is 28.5 Å². The highest BCUT2D eigenvalue weighted by atomic mass is 79.9. The molecule has 5 nitrogen and oxygen atoms in total. The summed E-state index contributed by atoms with van der Waals surface area (Å²) in [5.41, 5.74) is 0.659. The minimum absolute atomic E-state index is 0.169. The first-order valence-corrected chi connectivity index (χ1v) is 5.37. The molecular weight excluding hydrogens is 276 g/mol. The molecule has 0 fully saturated rings.